The Hall–Kier alpha value is -0.160. The Labute approximate surface area is 125 Å². The highest BCUT2D eigenvalue weighted by atomic mass is 16.3. The molecular formula is C16H35N3O. The third-order valence-corrected chi connectivity index (χ3v) is 4.40. The molecule has 0 bridgehead atoms. The fourth-order valence-electron chi connectivity index (χ4n) is 3.68. The molecule has 0 spiro atoms. The second kappa shape index (κ2) is 7.74. The van der Waals surface area contributed by atoms with E-state index in [-0.39, 0.29) is 12.1 Å². The van der Waals surface area contributed by atoms with Gasteiger partial charge in [-0.2, -0.15) is 0 Å². The Kier molecular flexibility index (Phi) is 6.92. The van der Waals surface area contributed by atoms with Crippen molar-refractivity contribution in [1.82, 2.24) is 15.1 Å². The van der Waals surface area contributed by atoms with Crippen LogP contribution in [0.25, 0.3) is 0 Å². The lowest BCUT2D eigenvalue weighted by Gasteiger charge is -2.40. The summed E-state index contributed by atoms with van der Waals surface area (Å²) >= 11 is 0. The Morgan fingerprint density at radius 3 is 2.50 bits per heavy atom. The number of rotatable bonds is 6. The molecule has 3 unspecified atom stereocenters. The van der Waals surface area contributed by atoms with E-state index in [9.17, 15) is 5.11 Å². The van der Waals surface area contributed by atoms with Gasteiger partial charge in [0.1, 0.15) is 0 Å². The lowest BCUT2D eigenvalue weighted by Crippen LogP contribution is -2.54. The highest BCUT2D eigenvalue weighted by molar-refractivity contribution is 4.90. The van der Waals surface area contributed by atoms with Crippen molar-refractivity contribution in [1.29, 1.82) is 0 Å². The Morgan fingerprint density at radius 1 is 1.30 bits per heavy atom. The Bertz CT molecular complexity index is 285. The molecule has 1 heterocycles. The van der Waals surface area contributed by atoms with Crippen molar-refractivity contribution in [3.8, 4) is 0 Å². The molecule has 3 atom stereocenters. The molecule has 0 aromatic rings. The predicted molar refractivity (Wildman–Crippen MR) is 86.1 cm³/mol. The van der Waals surface area contributed by atoms with E-state index in [1.54, 1.807) is 0 Å². The summed E-state index contributed by atoms with van der Waals surface area (Å²) in [6.07, 6.45) is 2.22. The molecule has 0 aromatic carbocycles. The van der Waals surface area contributed by atoms with Gasteiger partial charge in [0.2, 0.25) is 0 Å². The van der Waals surface area contributed by atoms with Crippen molar-refractivity contribution >= 4 is 0 Å². The summed E-state index contributed by atoms with van der Waals surface area (Å²) in [5, 5.41) is 13.3. The molecule has 120 valence electrons. The SMILES string of the molecule is CC(C)NC(C)(CO)CC(C)N1CCCN(C)CC1C. The molecule has 1 fully saturated rings. The van der Waals surface area contributed by atoms with E-state index < -0.39 is 0 Å². The van der Waals surface area contributed by atoms with Gasteiger partial charge < -0.3 is 15.3 Å². The average Bonchev–Trinajstić information content (AvgIpc) is 2.48. The van der Waals surface area contributed by atoms with Gasteiger partial charge in [-0.15, -0.1) is 0 Å². The Morgan fingerprint density at radius 2 is 1.95 bits per heavy atom. The van der Waals surface area contributed by atoms with Crippen LogP contribution in [0.4, 0.5) is 0 Å². The molecule has 1 aliphatic heterocycles. The van der Waals surface area contributed by atoms with E-state index in [4.69, 9.17) is 0 Å². The molecule has 0 aromatic heterocycles. The van der Waals surface area contributed by atoms with Gasteiger partial charge in [0.15, 0.2) is 0 Å². The maximum absolute atomic E-state index is 9.76. The van der Waals surface area contributed by atoms with Gasteiger partial charge in [-0.1, -0.05) is 13.8 Å². The van der Waals surface area contributed by atoms with Crippen LogP contribution in [0.5, 0.6) is 0 Å². The van der Waals surface area contributed by atoms with Gasteiger partial charge in [0.05, 0.1) is 6.61 Å². The summed E-state index contributed by atoms with van der Waals surface area (Å²) in [6, 6.07) is 1.46. The van der Waals surface area contributed by atoms with Crippen LogP contribution in [0.15, 0.2) is 0 Å². The molecule has 0 saturated carbocycles. The van der Waals surface area contributed by atoms with Crippen LogP contribution in [-0.4, -0.2) is 71.9 Å². The smallest absolute Gasteiger partial charge is 0.0611 e. The number of nitrogens with one attached hydrogen (secondary N) is 1. The van der Waals surface area contributed by atoms with Crippen molar-refractivity contribution in [2.45, 2.75) is 71.1 Å². The van der Waals surface area contributed by atoms with Crippen molar-refractivity contribution in [3.63, 3.8) is 0 Å². The molecule has 4 nitrogen and oxygen atoms in total. The second-order valence-corrected chi connectivity index (χ2v) is 7.27. The third kappa shape index (κ3) is 5.32. The van der Waals surface area contributed by atoms with Crippen LogP contribution in [0.2, 0.25) is 0 Å². The molecule has 1 saturated heterocycles. The number of hydrogen-bond donors (Lipinski definition) is 2. The highest BCUT2D eigenvalue weighted by Crippen LogP contribution is 2.20. The number of aliphatic hydroxyl groups is 1. The summed E-state index contributed by atoms with van der Waals surface area (Å²) in [5.41, 5.74) is -0.189. The summed E-state index contributed by atoms with van der Waals surface area (Å²) in [6.45, 7) is 14.7. The minimum atomic E-state index is -0.189. The van der Waals surface area contributed by atoms with Gasteiger partial charge in [0.25, 0.3) is 0 Å². The molecule has 20 heavy (non-hydrogen) atoms. The predicted octanol–water partition coefficient (Wildman–Crippen LogP) is 1.54. The van der Waals surface area contributed by atoms with Crippen molar-refractivity contribution in [2.24, 2.45) is 0 Å². The number of hydrogen-bond acceptors (Lipinski definition) is 4. The van der Waals surface area contributed by atoms with Crippen LogP contribution in [0, 0.1) is 0 Å². The van der Waals surface area contributed by atoms with Crippen LogP contribution in [-0.2, 0) is 0 Å². The maximum atomic E-state index is 9.76. The molecular weight excluding hydrogens is 250 g/mol. The number of likely N-dealkylation sites (N-methyl/N-ethyl adjacent to an activating group) is 1. The topological polar surface area (TPSA) is 38.7 Å². The van der Waals surface area contributed by atoms with Crippen LogP contribution in [0.3, 0.4) is 0 Å². The van der Waals surface area contributed by atoms with Gasteiger partial charge in [-0.25, -0.2) is 0 Å². The molecule has 4 heteroatoms. The normalized spacial score (nSPS) is 27.3. The van der Waals surface area contributed by atoms with Gasteiger partial charge in [-0.05, 0) is 53.8 Å². The molecule has 0 aliphatic carbocycles. The maximum Gasteiger partial charge on any atom is 0.0611 e. The number of aliphatic hydroxyl groups excluding tert-OH is 1. The zero-order valence-corrected chi connectivity index (χ0v) is 14.3. The van der Waals surface area contributed by atoms with E-state index in [0.717, 1.165) is 19.5 Å². The van der Waals surface area contributed by atoms with E-state index in [0.29, 0.717) is 18.1 Å². The third-order valence-electron chi connectivity index (χ3n) is 4.40. The van der Waals surface area contributed by atoms with E-state index in [2.05, 4.69) is 56.8 Å². The zero-order chi connectivity index (χ0) is 15.3. The summed E-state index contributed by atoms with van der Waals surface area (Å²) in [5.74, 6) is 0. The summed E-state index contributed by atoms with van der Waals surface area (Å²) in [4.78, 5) is 5.04. The van der Waals surface area contributed by atoms with Crippen LogP contribution in [0.1, 0.15) is 47.5 Å². The average molecular weight is 285 g/mol. The fourth-order valence-corrected chi connectivity index (χ4v) is 3.68. The van der Waals surface area contributed by atoms with E-state index in [1.165, 1.54) is 13.0 Å². The van der Waals surface area contributed by atoms with Crippen LogP contribution >= 0.6 is 0 Å². The van der Waals surface area contributed by atoms with Gasteiger partial charge in [0, 0.05) is 30.2 Å². The zero-order valence-electron chi connectivity index (χ0n) is 14.3. The molecule has 1 rings (SSSR count). The Balaban J connectivity index is 2.65. The first-order valence-corrected chi connectivity index (χ1v) is 8.10. The lowest BCUT2D eigenvalue weighted by atomic mass is 9.92. The van der Waals surface area contributed by atoms with E-state index >= 15 is 0 Å². The monoisotopic (exact) mass is 285 g/mol. The molecule has 2 N–H and O–H groups in total. The van der Waals surface area contributed by atoms with Crippen molar-refractivity contribution in [3.05, 3.63) is 0 Å². The number of nitrogens with zero attached hydrogens (tertiary/aromatic N) is 2. The quantitative estimate of drug-likeness (QED) is 0.776. The first-order valence-electron chi connectivity index (χ1n) is 8.10. The van der Waals surface area contributed by atoms with E-state index in [1.807, 2.05) is 0 Å². The lowest BCUT2D eigenvalue weighted by molar-refractivity contribution is 0.0890. The molecule has 1 aliphatic rings. The first kappa shape index (κ1) is 17.9. The van der Waals surface area contributed by atoms with Gasteiger partial charge >= 0.3 is 0 Å². The van der Waals surface area contributed by atoms with Crippen LogP contribution < -0.4 is 5.32 Å². The summed E-state index contributed by atoms with van der Waals surface area (Å²) in [7, 11) is 2.21. The minimum Gasteiger partial charge on any atom is -0.394 e. The summed E-state index contributed by atoms with van der Waals surface area (Å²) < 4.78 is 0. The fraction of sp³-hybridized carbons (Fsp3) is 1.00. The standard InChI is InChI=1S/C16H35N3O/c1-13(2)17-16(5,12-20)10-14(3)19-9-7-8-18(6)11-15(19)4/h13-15,17,20H,7-12H2,1-6H3. The largest absolute Gasteiger partial charge is 0.394 e. The minimum absolute atomic E-state index is 0.189. The van der Waals surface area contributed by atoms with Gasteiger partial charge in [-0.3, -0.25) is 4.90 Å². The molecule has 0 radical (unpaired) electrons. The van der Waals surface area contributed by atoms with Crippen molar-refractivity contribution in [2.75, 3.05) is 33.3 Å². The molecule has 0 amide bonds. The van der Waals surface area contributed by atoms with Crippen molar-refractivity contribution < 1.29 is 5.11 Å². The first-order chi connectivity index (χ1) is 9.27. The highest BCUT2D eigenvalue weighted by Gasteiger charge is 2.31. The second-order valence-electron chi connectivity index (χ2n) is 7.27.